The van der Waals surface area contributed by atoms with Gasteiger partial charge in [0, 0.05) is 39.3 Å². The van der Waals surface area contributed by atoms with Crippen molar-refractivity contribution in [2.45, 2.75) is 0 Å². The van der Waals surface area contributed by atoms with E-state index in [-0.39, 0.29) is 18.3 Å². The lowest BCUT2D eigenvalue weighted by atomic mass is 10.3. The number of rotatable bonds is 6. The average Bonchev–Trinajstić information content (AvgIpc) is 2.48. The summed E-state index contributed by atoms with van der Waals surface area (Å²) in [5.41, 5.74) is 0. The van der Waals surface area contributed by atoms with Crippen LogP contribution in [0.5, 0.6) is 5.75 Å². The number of nitrogens with zero attached hydrogens (tertiary/aromatic N) is 1. The van der Waals surface area contributed by atoms with E-state index in [2.05, 4.69) is 15.5 Å². The average molecular weight is 281 g/mol. The zero-order chi connectivity index (χ0) is 14.2. The fourth-order valence-electron chi connectivity index (χ4n) is 2.02. The fourth-order valence-corrected chi connectivity index (χ4v) is 2.02. The van der Waals surface area contributed by atoms with Crippen molar-refractivity contribution in [1.29, 1.82) is 0 Å². The Balaban J connectivity index is 1.59. The predicted octanol–water partition coefficient (Wildman–Crippen LogP) is 0.226. The number of amides is 1. The van der Waals surface area contributed by atoms with Crippen LogP contribution in [-0.2, 0) is 4.79 Å². The summed E-state index contributed by atoms with van der Waals surface area (Å²) in [6.07, 6.45) is 0. The summed E-state index contributed by atoms with van der Waals surface area (Å²) < 4.78 is 17.9. The minimum Gasteiger partial charge on any atom is -0.484 e. The Kier molecular flexibility index (Phi) is 5.76. The number of nitrogens with one attached hydrogen (secondary N) is 2. The third-order valence-corrected chi connectivity index (χ3v) is 3.14. The molecule has 5 nitrogen and oxygen atoms in total. The third-order valence-electron chi connectivity index (χ3n) is 3.14. The van der Waals surface area contributed by atoms with Gasteiger partial charge < -0.3 is 15.4 Å². The highest BCUT2D eigenvalue weighted by atomic mass is 19.1. The van der Waals surface area contributed by atoms with E-state index in [4.69, 9.17) is 4.74 Å². The Bertz CT molecular complexity index is 419. The van der Waals surface area contributed by atoms with Crippen LogP contribution in [0, 0.1) is 5.82 Å². The van der Waals surface area contributed by atoms with Gasteiger partial charge in [-0.2, -0.15) is 0 Å². The molecular weight excluding hydrogens is 261 g/mol. The van der Waals surface area contributed by atoms with Gasteiger partial charge in [0.05, 0.1) is 0 Å². The third kappa shape index (κ3) is 5.14. The number of hydrogen-bond donors (Lipinski definition) is 2. The lowest BCUT2D eigenvalue weighted by Crippen LogP contribution is -2.46. The fraction of sp³-hybridized carbons (Fsp3) is 0.500. The van der Waals surface area contributed by atoms with Crippen LogP contribution in [0.3, 0.4) is 0 Å². The molecule has 1 aliphatic rings. The van der Waals surface area contributed by atoms with Gasteiger partial charge in [0.1, 0.15) is 11.6 Å². The Labute approximate surface area is 118 Å². The van der Waals surface area contributed by atoms with E-state index in [1.807, 2.05) is 0 Å². The van der Waals surface area contributed by atoms with Crippen LogP contribution < -0.4 is 15.4 Å². The normalized spacial score (nSPS) is 15.8. The highest BCUT2D eigenvalue weighted by Crippen LogP contribution is 2.10. The molecule has 20 heavy (non-hydrogen) atoms. The quantitative estimate of drug-likeness (QED) is 0.783. The summed E-state index contributed by atoms with van der Waals surface area (Å²) in [6, 6.07) is 5.61. The van der Waals surface area contributed by atoms with Crippen molar-refractivity contribution in [2.75, 3.05) is 45.9 Å². The van der Waals surface area contributed by atoms with Gasteiger partial charge in [0.25, 0.3) is 5.91 Å². The molecule has 0 atom stereocenters. The molecule has 1 saturated heterocycles. The van der Waals surface area contributed by atoms with Crippen molar-refractivity contribution in [1.82, 2.24) is 15.5 Å². The van der Waals surface area contributed by atoms with Crippen molar-refractivity contribution in [3.8, 4) is 5.75 Å². The summed E-state index contributed by atoms with van der Waals surface area (Å²) >= 11 is 0. The number of carbonyl (C=O) groups is 1. The molecule has 0 aromatic heterocycles. The molecule has 110 valence electrons. The van der Waals surface area contributed by atoms with E-state index in [0.717, 1.165) is 32.7 Å². The maximum atomic E-state index is 12.7. The second-order valence-electron chi connectivity index (χ2n) is 4.68. The summed E-state index contributed by atoms with van der Waals surface area (Å²) in [7, 11) is 0. The molecule has 0 aliphatic carbocycles. The molecule has 0 bridgehead atoms. The van der Waals surface area contributed by atoms with Crippen molar-refractivity contribution in [3.63, 3.8) is 0 Å². The molecular formula is C14H20FN3O2. The van der Waals surface area contributed by atoms with Gasteiger partial charge in [-0.25, -0.2) is 4.39 Å². The summed E-state index contributed by atoms with van der Waals surface area (Å²) in [5.74, 6) is 0.00550. The number of piperazine rings is 1. The summed E-state index contributed by atoms with van der Waals surface area (Å²) in [4.78, 5) is 13.9. The molecule has 0 saturated carbocycles. The second-order valence-corrected chi connectivity index (χ2v) is 4.68. The Morgan fingerprint density at radius 2 is 2.00 bits per heavy atom. The van der Waals surface area contributed by atoms with E-state index < -0.39 is 0 Å². The van der Waals surface area contributed by atoms with Gasteiger partial charge in [-0.05, 0) is 24.3 Å². The molecule has 0 spiro atoms. The van der Waals surface area contributed by atoms with Gasteiger partial charge in [-0.15, -0.1) is 0 Å². The monoisotopic (exact) mass is 281 g/mol. The molecule has 1 heterocycles. The van der Waals surface area contributed by atoms with Gasteiger partial charge >= 0.3 is 0 Å². The molecule has 0 radical (unpaired) electrons. The van der Waals surface area contributed by atoms with Crippen molar-refractivity contribution < 1.29 is 13.9 Å². The first-order valence-electron chi connectivity index (χ1n) is 6.82. The SMILES string of the molecule is O=C(COc1ccc(F)cc1)NCCN1CCNCC1. The maximum Gasteiger partial charge on any atom is 0.257 e. The maximum absolute atomic E-state index is 12.7. The van der Waals surface area contributed by atoms with Crippen LogP contribution in [0.2, 0.25) is 0 Å². The lowest BCUT2D eigenvalue weighted by Gasteiger charge is -2.27. The van der Waals surface area contributed by atoms with E-state index >= 15 is 0 Å². The van der Waals surface area contributed by atoms with Crippen LogP contribution >= 0.6 is 0 Å². The first-order valence-corrected chi connectivity index (χ1v) is 6.82. The van der Waals surface area contributed by atoms with Crippen LogP contribution in [0.15, 0.2) is 24.3 Å². The number of hydrogen-bond acceptors (Lipinski definition) is 4. The zero-order valence-corrected chi connectivity index (χ0v) is 11.4. The van der Waals surface area contributed by atoms with E-state index in [1.165, 1.54) is 24.3 Å². The highest BCUT2D eigenvalue weighted by Gasteiger charge is 2.09. The lowest BCUT2D eigenvalue weighted by molar-refractivity contribution is -0.123. The van der Waals surface area contributed by atoms with Crippen molar-refractivity contribution in [2.24, 2.45) is 0 Å². The molecule has 0 unspecified atom stereocenters. The van der Waals surface area contributed by atoms with Crippen molar-refractivity contribution in [3.05, 3.63) is 30.1 Å². The summed E-state index contributed by atoms with van der Waals surface area (Å²) in [6.45, 7) is 5.45. The summed E-state index contributed by atoms with van der Waals surface area (Å²) in [5, 5.41) is 6.09. The Hall–Kier alpha value is -1.66. The van der Waals surface area contributed by atoms with E-state index in [9.17, 15) is 9.18 Å². The zero-order valence-electron chi connectivity index (χ0n) is 11.4. The van der Waals surface area contributed by atoms with Crippen LogP contribution in [0.1, 0.15) is 0 Å². The van der Waals surface area contributed by atoms with Gasteiger partial charge in [-0.1, -0.05) is 0 Å². The molecule has 1 fully saturated rings. The Morgan fingerprint density at radius 1 is 1.30 bits per heavy atom. The molecule has 2 rings (SSSR count). The smallest absolute Gasteiger partial charge is 0.257 e. The number of ether oxygens (including phenoxy) is 1. The van der Waals surface area contributed by atoms with Crippen LogP contribution in [-0.4, -0.2) is 56.7 Å². The van der Waals surface area contributed by atoms with Crippen LogP contribution in [0.4, 0.5) is 4.39 Å². The minimum absolute atomic E-state index is 0.0484. The van der Waals surface area contributed by atoms with Crippen molar-refractivity contribution >= 4 is 5.91 Å². The van der Waals surface area contributed by atoms with Gasteiger partial charge in [0.15, 0.2) is 6.61 Å². The first kappa shape index (κ1) is 14.7. The largest absolute Gasteiger partial charge is 0.484 e. The molecule has 2 N–H and O–H groups in total. The Morgan fingerprint density at radius 3 is 2.70 bits per heavy atom. The number of benzene rings is 1. The molecule has 6 heteroatoms. The molecule has 1 aromatic carbocycles. The molecule has 1 amide bonds. The van der Waals surface area contributed by atoms with E-state index in [0.29, 0.717) is 12.3 Å². The van der Waals surface area contributed by atoms with Gasteiger partial charge in [-0.3, -0.25) is 9.69 Å². The number of carbonyl (C=O) groups excluding carboxylic acids is 1. The molecule has 1 aliphatic heterocycles. The predicted molar refractivity (Wildman–Crippen MR) is 74.2 cm³/mol. The first-order chi connectivity index (χ1) is 9.74. The topological polar surface area (TPSA) is 53.6 Å². The molecule has 1 aromatic rings. The van der Waals surface area contributed by atoms with Gasteiger partial charge in [0.2, 0.25) is 0 Å². The number of halogens is 1. The standard InChI is InChI=1S/C14H20FN3O2/c15-12-1-3-13(4-2-12)20-11-14(19)17-7-10-18-8-5-16-6-9-18/h1-4,16H,5-11H2,(H,17,19). The minimum atomic E-state index is -0.321. The van der Waals surface area contributed by atoms with Crippen LogP contribution in [0.25, 0.3) is 0 Å². The highest BCUT2D eigenvalue weighted by molar-refractivity contribution is 5.77. The second kappa shape index (κ2) is 7.81. The van der Waals surface area contributed by atoms with E-state index in [1.54, 1.807) is 0 Å².